The molecule has 2 aromatic rings. The van der Waals surface area contributed by atoms with E-state index < -0.39 is 23.9 Å². The van der Waals surface area contributed by atoms with Gasteiger partial charge in [0.1, 0.15) is 0 Å². The van der Waals surface area contributed by atoms with Crippen molar-refractivity contribution >= 4 is 17.8 Å². The Kier molecular flexibility index (Phi) is 5.15. The number of urea groups is 1. The molecule has 0 bridgehead atoms. The van der Waals surface area contributed by atoms with Crippen molar-refractivity contribution in [1.29, 1.82) is 0 Å². The number of hydrogen-bond donors (Lipinski definition) is 4. The SMILES string of the molecule is C[C@@H](NC(=O)NC(C(N)=O)C(N)=O)c1ccc(-n2ccnc2)cc1. The molecule has 9 heteroatoms. The van der Waals surface area contributed by atoms with E-state index in [4.69, 9.17) is 11.5 Å². The average Bonchev–Trinajstić information content (AvgIpc) is 3.06. The molecule has 126 valence electrons. The normalized spacial score (nSPS) is 11.8. The minimum absolute atomic E-state index is 0.358. The number of nitrogens with zero attached hydrogens (tertiary/aromatic N) is 2. The second-order valence-electron chi connectivity index (χ2n) is 5.14. The van der Waals surface area contributed by atoms with Crippen molar-refractivity contribution in [3.63, 3.8) is 0 Å². The summed E-state index contributed by atoms with van der Waals surface area (Å²) < 4.78 is 1.85. The maximum Gasteiger partial charge on any atom is 0.316 e. The van der Waals surface area contributed by atoms with Crippen LogP contribution in [0.2, 0.25) is 0 Å². The lowest BCUT2D eigenvalue weighted by molar-refractivity contribution is -0.128. The van der Waals surface area contributed by atoms with Crippen molar-refractivity contribution < 1.29 is 14.4 Å². The Morgan fingerprint density at radius 2 is 1.71 bits per heavy atom. The van der Waals surface area contributed by atoms with Gasteiger partial charge in [-0.05, 0) is 24.6 Å². The molecule has 0 aliphatic carbocycles. The Morgan fingerprint density at radius 1 is 1.08 bits per heavy atom. The van der Waals surface area contributed by atoms with Crippen LogP contribution in [0.1, 0.15) is 18.5 Å². The fourth-order valence-electron chi connectivity index (χ4n) is 2.08. The summed E-state index contributed by atoms with van der Waals surface area (Å²) in [5.41, 5.74) is 11.8. The van der Waals surface area contributed by atoms with Crippen LogP contribution in [0.15, 0.2) is 43.0 Å². The Bertz CT molecular complexity index is 712. The maximum absolute atomic E-state index is 11.8. The molecule has 1 aromatic carbocycles. The van der Waals surface area contributed by atoms with Crippen LogP contribution in [0, 0.1) is 0 Å². The number of carbonyl (C=O) groups excluding carboxylic acids is 3. The van der Waals surface area contributed by atoms with Crippen molar-refractivity contribution in [2.75, 3.05) is 0 Å². The number of imidazole rings is 1. The molecular formula is C15H18N6O3. The van der Waals surface area contributed by atoms with Crippen molar-refractivity contribution in [3.05, 3.63) is 48.5 Å². The molecule has 24 heavy (non-hydrogen) atoms. The molecule has 0 spiro atoms. The van der Waals surface area contributed by atoms with Gasteiger partial charge in [0.25, 0.3) is 0 Å². The lowest BCUT2D eigenvalue weighted by Crippen LogP contribution is -2.55. The predicted octanol–water partition coefficient (Wildman–Crippen LogP) is -0.428. The molecule has 2 rings (SSSR count). The Labute approximate surface area is 138 Å². The van der Waals surface area contributed by atoms with Gasteiger partial charge in [0.05, 0.1) is 12.4 Å². The summed E-state index contributed by atoms with van der Waals surface area (Å²) in [6.45, 7) is 1.76. The van der Waals surface area contributed by atoms with Gasteiger partial charge in [-0.2, -0.15) is 0 Å². The van der Waals surface area contributed by atoms with Gasteiger partial charge >= 0.3 is 6.03 Å². The van der Waals surface area contributed by atoms with Crippen LogP contribution in [0.4, 0.5) is 4.79 Å². The summed E-state index contributed by atoms with van der Waals surface area (Å²) in [5.74, 6) is -2.04. The molecular weight excluding hydrogens is 312 g/mol. The van der Waals surface area contributed by atoms with Crippen LogP contribution in [-0.4, -0.2) is 33.4 Å². The molecule has 1 aromatic heterocycles. The monoisotopic (exact) mass is 330 g/mol. The van der Waals surface area contributed by atoms with Gasteiger partial charge in [-0.3, -0.25) is 9.59 Å². The third-order valence-electron chi connectivity index (χ3n) is 3.39. The molecule has 0 fully saturated rings. The summed E-state index contributed by atoms with van der Waals surface area (Å²) in [7, 11) is 0. The first-order valence-corrected chi connectivity index (χ1v) is 7.12. The van der Waals surface area contributed by atoms with E-state index in [2.05, 4.69) is 15.6 Å². The van der Waals surface area contributed by atoms with E-state index in [1.54, 1.807) is 19.4 Å². The zero-order chi connectivity index (χ0) is 17.7. The predicted molar refractivity (Wildman–Crippen MR) is 85.8 cm³/mol. The van der Waals surface area contributed by atoms with Gasteiger partial charge in [-0.15, -0.1) is 0 Å². The summed E-state index contributed by atoms with van der Waals surface area (Å²) in [6.07, 6.45) is 5.17. The smallest absolute Gasteiger partial charge is 0.316 e. The van der Waals surface area contributed by atoms with Gasteiger partial charge in [-0.1, -0.05) is 12.1 Å². The highest BCUT2D eigenvalue weighted by molar-refractivity contribution is 6.05. The van der Waals surface area contributed by atoms with Crippen LogP contribution in [0.25, 0.3) is 5.69 Å². The number of amides is 4. The molecule has 0 radical (unpaired) electrons. The highest BCUT2D eigenvalue weighted by Crippen LogP contribution is 2.15. The van der Waals surface area contributed by atoms with Crippen molar-refractivity contribution in [3.8, 4) is 5.69 Å². The molecule has 6 N–H and O–H groups in total. The summed E-state index contributed by atoms with van der Waals surface area (Å²) in [5, 5.41) is 4.74. The van der Waals surface area contributed by atoms with Crippen LogP contribution < -0.4 is 22.1 Å². The third-order valence-corrected chi connectivity index (χ3v) is 3.39. The number of aromatic nitrogens is 2. The zero-order valence-corrected chi connectivity index (χ0v) is 13.0. The van der Waals surface area contributed by atoms with E-state index in [1.165, 1.54) is 0 Å². The number of primary amides is 2. The van der Waals surface area contributed by atoms with Gasteiger partial charge in [0.2, 0.25) is 11.8 Å². The summed E-state index contributed by atoms with van der Waals surface area (Å²) in [4.78, 5) is 37.9. The molecule has 0 aliphatic rings. The fourth-order valence-corrected chi connectivity index (χ4v) is 2.08. The highest BCUT2D eigenvalue weighted by Gasteiger charge is 2.24. The van der Waals surface area contributed by atoms with Crippen LogP contribution in [-0.2, 0) is 9.59 Å². The van der Waals surface area contributed by atoms with Crippen LogP contribution >= 0.6 is 0 Å². The van der Waals surface area contributed by atoms with E-state index in [0.717, 1.165) is 11.3 Å². The Morgan fingerprint density at radius 3 is 2.21 bits per heavy atom. The number of nitrogens with two attached hydrogens (primary N) is 2. The molecule has 0 saturated heterocycles. The molecule has 0 saturated carbocycles. The first kappa shape index (κ1) is 17.0. The maximum atomic E-state index is 11.8. The van der Waals surface area contributed by atoms with Crippen molar-refractivity contribution in [1.82, 2.24) is 20.2 Å². The summed E-state index contributed by atoms with van der Waals surface area (Å²) in [6, 6.07) is 4.82. The van der Waals surface area contributed by atoms with E-state index in [1.807, 2.05) is 35.0 Å². The van der Waals surface area contributed by atoms with Gasteiger partial charge in [-0.25, -0.2) is 9.78 Å². The number of benzene rings is 1. The van der Waals surface area contributed by atoms with Crippen LogP contribution in [0.3, 0.4) is 0 Å². The lowest BCUT2D eigenvalue weighted by Gasteiger charge is -2.18. The van der Waals surface area contributed by atoms with Crippen molar-refractivity contribution in [2.45, 2.75) is 19.0 Å². The molecule has 0 aliphatic heterocycles. The van der Waals surface area contributed by atoms with Gasteiger partial charge < -0.3 is 26.7 Å². The van der Waals surface area contributed by atoms with Crippen LogP contribution in [0.5, 0.6) is 0 Å². The minimum atomic E-state index is -1.55. The van der Waals surface area contributed by atoms with E-state index in [-0.39, 0.29) is 6.04 Å². The Balaban J connectivity index is 1.99. The number of nitrogens with one attached hydrogen (secondary N) is 2. The second kappa shape index (κ2) is 7.27. The molecule has 1 heterocycles. The van der Waals surface area contributed by atoms with Crippen molar-refractivity contribution in [2.24, 2.45) is 11.5 Å². The van der Waals surface area contributed by atoms with E-state index >= 15 is 0 Å². The second-order valence-corrected chi connectivity index (χ2v) is 5.14. The van der Waals surface area contributed by atoms with Gasteiger partial charge in [0, 0.05) is 18.1 Å². The fraction of sp³-hybridized carbons (Fsp3) is 0.200. The molecule has 1 atom stereocenters. The summed E-state index contributed by atoms with van der Waals surface area (Å²) >= 11 is 0. The lowest BCUT2D eigenvalue weighted by atomic mass is 10.1. The van der Waals surface area contributed by atoms with E-state index in [9.17, 15) is 14.4 Å². The minimum Gasteiger partial charge on any atom is -0.367 e. The quantitative estimate of drug-likeness (QED) is 0.532. The topological polar surface area (TPSA) is 145 Å². The third kappa shape index (κ3) is 4.09. The first-order chi connectivity index (χ1) is 11.4. The highest BCUT2D eigenvalue weighted by atomic mass is 16.2. The number of carbonyl (C=O) groups is 3. The van der Waals surface area contributed by atoms with Gasteiger partial charge in [0.15, 0.2) is 6.04 Å². The van der Waals surface area contributed by atoms with E-state index in [0.29, 0.717) is 0 Å². The standard InChI is InChI=1S/C15H18N6O3/c1-9(19-15(24)20-12(13(16)22)14(17)23)10-2-4-11(5-3-10)21-7-6-18-8-21/h2-9,12H,1H3,(H2,16,22)(H2,17,23)(H2,19,20,24)/t9-/m1/s1. The largest absolute Gasteiger partial charge is 0.367 e. The zero-order valence-electron chi connectivity index (χ0n) is 13.0. The molecule has 9 nitrogen and oxygen atoms in total. The number of rotatable bonds is 6. The number of hydrogen-bond acceptors (Lipinski definition) is 4. The molecule has 0 unspecified atom stereocenters. The Hall–Kier alpha value is -3.36. The molecule has 4 amide bonds. The average molecular weight is 330 g/mol. The first-order valence-electron chi connectivity index (χ1n) is 7.12.